The average Bonchev–Trinajstić information content (AvgIpc) is 2.33. The topological polar surface area (TPSA) is 67.1 Å². The average molecular weight is 258 g/mol. The smallest absolute Gasteiger partial charge is 0.150 e. The Bertz CT molecular complexity index is 358. The van der Waals surface area contributed by atoms with E-state index >= 15 is 0 Å². The zero-order valence-electron chi connectivity index (χ0n) is 10.6. The van der Waals surface area contributed by atoms with Crippen molar-refractivity contribution in [2.45, 2.75) is 26.3 Å². The summed E-state index contributed by atoms with van der Waals surface area (Å²) in [7, 11) is 2.10. The van der Waals surface area contributed by atoms with Gasteiger partial charge in [-0.15, -0.1) is 0 Å². The first kappa shape index (κ1) is 14.0. The van der Waals surface area contributed by atoms with E-state index in [0.29, 0.717) is 22.7 Å². The number of aromatic nitrogens is 2. The van der Waals surface area contributed by atoms with Gasteiger partial charge in [0.05, 0.1) is 0 Å². The first-order valence-electron chi connectivity index (χ1n) is 5.76. The van der Waals surface area contributed by atoms with Crippen molar-refractivity contribution in [3.8, 4) is 0 Å². The number of nitrogens with zero attached hydrogens (tertiary/aromatic N) is 3. The van der Waals surface area contributed by atoms with Gasteiger partial charge in [0.25, 0.3) is 0 Å². The van der Waals surface area contributed by atoms with Crippen molar-refractivity contribution < 1.29 is 0 Å². The standard InChI is InChI=1S/C11H20ClN5/c1-4-8(2)17(3)6-5-14-11-9(12)10(13)15-7-16-11/h7-8H,4-6H2,1-3H3,(H3,13,14,15,16). The lowest BCUT2D eigenvalue weighted by Gasteiger charge is -2.23. The number of likely N-dealkylation sites (N-methyl/N-ethyl adjacent to an activating group) is 1. The van der Waals surface area contributed by atoms with E-state index in [-0.39, 0.29) is 0 Å². The van der Waals surface area contributed by atoms with E-state index < -0.39 is 0 Å². The highest BCUT2D eigenvalue weighted by molar-refractivity contribution is 6.35. The summed E-state index contributed by atoms with van der Waals surface area (Å²) in [5, 5.41) is 3.55. The summed E-state index contributed by atoms with van der Waals surface area (Å²) in [6.45, 7) is 6.08. The molecule has 1 heterocycles. The number of hydrogen-bond acceptors (Lipinski definition) is 5. The van der Waals surface area contributed by atoms with Gasteiger partial charge in [-0.05, 0) is 20.4 Å². The molecule has 1 atom stereocenters. The Labute approximate surface area is 107 Å². The summed E-state index contributed by atoms with van der Waals surface area (Å²) < 4.78 is 0. The minimum absolute atomic E-state index is 0.305. The maximum Gasteiger partial charge on any atom is 0.150 e. The van der Waals surface area contributed by atoms with Gasteiger partial charge in [-0.3, -0.25) is 0 Å². The number of nitrogens with one attached hydrogen (secondary N) is 1. The lowest BCUT2D eigenvalue weighted by atomic mass is 10.2. The van der Waals surface area contributed by atoms with Gasteiger partial charge >= 0.3 is 0 Å². The van der Waals surface area contributed by atoms with Crippen LogP contribution in [-0.4, -0.2) is 41.0 Å². The van der Waals surface area contributed by atoms with Crippen molar-refractivity contribution in [3.63, 3.8) is 0 Å². The van der Waals surface area contributed by atoms with Gasteiger partial charge in [0.15, 0.2) is 0 Å². The van der Waals surface area contributed by atoms with Crippen LogP contribution in [0.4, 0.5) is 11.6 Å². The molecular weight excluding hydrogens is 238 g/mol. The number of nitrogen functional groups attached to an aromatic ring is 1. The summed E-state index contributed by atoms with van der Waals surface area (Å²) in [5.41, 5.74) is 5.59. The first-order valence-corrected chi connectivity index (χ1v) is 6.14. The molecular formula is C11H20ClN5. The molecule has 0 aliphatic carbocycles. The van der Waals surface area contributed by atoms with Crippen LogP contribution >= 0.6 is 11.6 Å². The minimum Gasteiger partial charge on any atom is -0.382 e. The molecule has 0 aliphatic rings. The van der Waals surface area contributed by atoms with E-state index in [9.17, 15) is 0 Å². The molecule has 0 saturated heterocycles. The molecule has 3 N–H and O–H groups in total. The molecule has 0 radical (unpaired) electrons. The third kappa shape index (κ3) is 4.02. The number of hydrogen-bond donors (Lipinski definition) is 2. The maximum absolute atomic E-state index is 5.97. The third-order valence-electron chi connectivity index (χ3n) is 2.92. The van der Waals surface area contributed by atoms with Gasteiger partial charge in [-0.1, -0.05) is 18.5 Å². The van der Waals surface area contributed by atoms with E-state index in [2.05, 4.69) is 41.1 Å². The van der Waals surface area contributed by atoms with Gasteiger partial charge in [-0.25, -0.2) is 9.97 Å². The largest absolute Gasteiger partial charge is 0.382 e. The molecule has 0 aromatic carbocycles. The van der Waals surface area contributed by atoms with Crippen LogP contribution in [0.3, 0.4) is 0 Å². The summed E-state index contributed by atoms with van der Waals surface area (Å²) >= 11 is 5.97. The normalized spacial score (nSPS) is 12.8. The van der Waals surface area contributed by atoms with E-state index in [1.54, 1.807) is 0 Å². The van der Waals surface area contributed by atoms with E-state index in [1.165, 1.54) is 6.33 Å². The molecule has 5 nitrogen and oxygen atoms in total. The lowest BCUT2D eigenvalue weighted by molar-refractivity contribution is 0.261. The number of rotatable bonds is 6. The Balaban J connectivity index is 2.43. The Hall–Kier alpha value is -1.07. The summed E-state index contributed by atoms with van der Waals surface area (Å²) in [6.07, 6.45) is 2.54. The van der Waals surface area contributed by atoms with Crippen molar-refractivity contribution in [1.82, 2.24) is 14.9 Å². The van der Waals surface area contributed by atoms with E-state index in [4.69, 9.17) is 17.3 Å². The second kappa shape index (κ2) is 6.61. The van der Waals surface area contributed by atoms with Gasteiger partial charge in [-0.2, -0.15) is 0 Å². The van der Waals surface area contributed by atoms with Crippen LogP contribution in [0.25, 0.3) is 0 Å². The number of halogens is 1. The van der Waals surface area contributed by atoms with Crippen LogP contribution in [0, 0.1) is 0 Å². The van der Waals surface area contributed by atoms with Gasteiger partial charge in [0, 0.05) is 19.1 Å². The van der Waals surface area contributed by atoms with E-state index in [0.717, 1.165) is 19.5 Å². The first-order chi connectivity index (χ1) is 8.06. The number of nitrogens with two attached hydrogens (primary N) is 1. The third-order valence-corrected chi connectivity index (χ3v) is 3.29. The molecule has 0 saturated carbocycles. The highest BCUT2D eigenvalue weighted by Crippen LogP contribution is 2.22. The fourth-order valence-corrected chi connectivity index (χ4v) is 1.55. The zero-order chi connectivity index (χ0) is 12.8. The Morgan fingerprint density at radius 3 is 2.88 bits per heavy atom. The lowest BCUT2D eigenvalue weighted by Crippen LogP contribution is -2.32. The van der Waals surface area contributed by atoms with Crippen molar-refractivity contribution in [3.05, 3.63) is 11.3 Å². The van der Waals surface area contributed by atoms with Gasteiger partial charge in [0.1, 0.15) is 23.0 Å². The SMILES string of the molecule is CCC(C)N(C)CCNc1ncnc(N)c1Cl. The summed E-state index contributed by atoms with van der Waals surface area (Å²) in [5.74, 6) is 0.899. The molecule has 1 unspecified atom stereocenters. The molecule has 0 bridgehead atoms. The van der Waals surface area contributed by atoms with Crippen molar-refractivity contribution in [2.75, 3.05) is 31.2 Å². The predicted octanol–water partition coefficient (Wildman–Crippen LogP) is 1.85. The van der Waals surface area contributed by atoms with Crippen LogP contribution in [-0.2, 0) is 0 Å². The molecule has 0 fully saturated rings. The fourth-order valence-electron chi connectivity index (χ4n) is 1.39. The van der Waals surface area contributed by atoms with Gasteiger partial charge < -0.3 is 16.0 Å². The van der Waals surface area contributed by atoms with Crippen LogP contribution in [0.2, 0.25) is 5.02 Å². The Morgan fingerprint density at radius 1 is 1.53 bits per heavy atom. The van der Waals surface area contributed by atoms with Crippen molar-refractivity contribution in [2.24, 2.45) is 0 Å². The molecule has 17 heavy (non-hydrogen) atoms. The molecule has 0 spiro atoms. The molecule has 0 aliphatic heterocycles. The molecule has 0 amide bonds. The summed E-state index contributed by atoms with van der Waals surface area (Å²) in [4.78, 5) is 10.1. The molecule has 1 rings (SSSR count). The second-order valence-corrected chi connectivity index (χ2v) is 4.46. The van der Waals surface area contributed by atoms with Gasteiger partial charge in [0.2, 0.25) is 0 Å². The molecule has 1 aromatic rings. The maximum atomic E-state index is 5.97. The van der Waals surface area contributed by atoms with Crippen LogP contribution < -0.4 is 11.1 Å². The zero-order valence-corrected chi connectivity index (χ0v) is 11.3. The molecule has 1 aromatic heterocycles. The van der Waals surface area contributed by atoms with Crippen LogP contribution in [0.1, 0.15) is 20.3 Å². The van der Waals surface area contributed by atoms with Crippen molar-refractivity contribution >= 4 is 23.2 Å². The summed E-state index contributed by atoms with van der Waals surface area (Å²) in [6, 6.07) is 0.572. The monoisotopic (exact) mass is 257 g/mol. The Morgan fingerprint density at radius 2 is 2.24 bits per heavy atom. The second-order valence-electron chi connectivity index (χ2n) is 4.09. The minimum atomic E-state index is 0.305. The van der Waals surface area contributed by atoms with Crippen molar-refractivity contribution in [1.29, 1.82) is 0 Å². The van der Waals surface area contributed by atoms with Crippen LogP contribution in [0.5, 0.6) is 0 Å². The highest BCUT2D eigenvalue weighted by atomic mass is 35.5. The predicted molar refractivity (Wildman–Crippen MR) is 72.3 cm³/mol. The quantitative estimate of drug-likeness (QED) is 0.814. The van der Waals surface area contributed by atoms with E-state index in [1.807, 2.05) is 0 Å². The Kier molecular flexibility index (Phi) is 5.44. The molecule has 6 heteroatoms. The fraction of sp³-hybridized carbons (Fsp3) is 0.636. The molecule has 96 valence electrons. The highest BCUT2D eigenvalue weighted by Gasteiger charge is 2.08. The number of anilines is 2. The van der Waals surface area contributed by atoms with Crippen LogP contribution in [0.15, 0.2) is 6.33 Å².